The molecule has 1 aromatic heterocycles. The Kier molecular flexibility index (Phi) is 3.87. The maximum atomic E-state index is 6.12. The van der Waals surface area contributed by atoms with Crippen molar-refractivity contribution in [1.82, 2.24) is 4.98 Å². The van der Waals surface area contributed by atoms with Crippen LogP contribution in [-0.4, -0.2) is 4.98 Å². The molecule has 0 aliphatic carbocycles. The number of alkyl halides is 1. The molecular formula is C13H12Cl2N2. The fraction of sp³-hybridized carbons (Fsp3) is 0.154. The van der Waals surface area contributed by atoms with Gasteiger partial charge in [0.05, 0.1) is 10.4 Å². The monoisotopic (exact) mass is 266 g/mol. The molecule has 0 radical (unpaired) electrons. The molecule has 2 rings (SSSR count). The highest BCUT2D eigenvalue weighted by Gasteiger charge is 2.07. The van der Waals surface area contributed by atoms with Crippen molar-refractivity contribution < 1.29 is 0 Å². The summed E-state index contributed by atoms with van der Waals surface area (Å²) in [6.45, 7) is 1.94. The SMILES string of the molecule is CC(Cl)c1ccccc1Nc1ccc(Cl)cn1. The Hall–Kier alpha value is -1.25. The third-order valence-electron chi connectivity index (χ3n) is 2.38. The van der Waals surface area contributed by atoms with Crippen molar-refractivity contribution in [1.29, 1.82) is 0 Å². The second-order valence-electron chi connectivity index (χ2n) is 3.69. The molecule has 0 amide bonds. The maximum Gasteiger partial charge on any atom is 0.130 e. The van der Waals surface area contributed by atoms with Crippen LogP contribution in [0, 0.1) is 0 Å². The Labute approximate surface area is 111 Å². The number of benzene rings is 1. The highest BCUT2D eigenvalue weighted by atomic mass is 35.5. The molecule has 0 fully saturated rings. The van der Waals surface area contributed by atoms with Gasteiger partial charge in [-0.3, -0.25) is 0 Å². The van der Waals surface area contributed by atoms with Gasteiger partial charge in [0.1, 0.15) is 5.82 Å². The summed E-state index contributed by atoms with van der Waals surface area (Å²) >= 11 is 11.9. The van der Waals surface area contributed by atoms with Gasteiger partial charge in [-0.1, -0.05) is 29.8 Å². The lowest BCUT2D eigenvalue weighted by Crippen LogP contribution is -1.97. The van der Waals surface area contributed by atoms with E-state index in [1.807, 2.05) is 37.3 Å². The molecule has 0 aliphatic rings. The van der Waals surface area contributed by atoms with E-state index in [9.17, 15) is 0 Å². The predicted molar refractivity (Wildman–Crippen MR) is 73.2 cm³/mol. The number of halogens is 2. The van der Waals surface area contributed by atoms with Gasteiger partial charge in [-0.15, -0.1) is 11.6 Å². The highest BCUT2D eigenvalue weighted by molar-refractivity contribution is 6.30. The Balaban J connectivity index is 2.26. The molecule has 2 nitrogen and oxygen atoms in total. The molecule has 1 atom stereocenters. The Morgan fingerprint density at radius 3 is 2.59 bits per heavy atom. The van der Waals surface area contributed by atoms with Crippen LogP contribution in [-0.2, 0) is 0 Å². The van der Waals surface area contributed by atoms with E-state index in [4.69, 9.17) is 23.2 Å². The number of anilines is 2. The summed E-state index contributed by atoms with van der Waals surface area (Å²) < 4.78 is 0. The summed E-state index contributed by atoms with van der Waals surface area (Å²) in [7, 11) is 0. The first-order chi connectivity index (χ1) is 8.16. The van der Waals surface area contributed by atoms with Gasteiger partial charge in [-0.05, 0) is 30.7 Å². The largest absolute Gasteiger partial charge is 0.340 e. The summed E-state index contributed by atoms with van der Waals surface area (Å²) in [5.74, 6) is 0.749. The van der Waals surface area contributed by atoms with Gasteiger partial charge in [0, 0.05) is 11.9 Å². The lowest BCUT2D eigenvalue weighted by molar-refractivity contribution is 1.08. The Morgan fingerprint density at radius 1 is 1.18 bits per heavy atom. The molecule has 1 unspecified atom stereocenters. The van der Waals surface area contributed by atoms with Crippen LogP contribution in [0.1, 0.15) is 17.9 Å². The van der Waals surface area contributed by atoms with E-state index in [-0.39, 0.29) is 5.38 Å². The number of aromatic nitrogens is 1. The zero-order chi connectivity index (χ0) is 12.3. The summed E-state index contributed by atoms with van der Waals surface area (Å²) in [6.07, 6.45) is 1.61. The fourth-order valence-electron chi connectivity index (χ4n) is 1.55. The standard InChI is InChI=1S/C13H12Cl2N2/c1-9(14)11-4-2-3-5-12(11)17-13-7-6-10(15)8-16-13/h2-9H,1H3,(H,16,17). The molecule has 17 heavy (non-hydrogen) atoms. The number of rotatable bonds is 3. The average Bonchev–Trinajstić information content (AvgIpc) is 2.32. The molecule has 0 spiro atoms. The number of nitrogens with zero attached hydrogens (tertiary/aromatic N) is 1. The van der Waals surface area contributed by atoms with Gasteiger partial charge < -0.3 is 5.32 Å². The number of pyridine rings is 1. The number of hydrogen-bond donors (Lipinski definition) is 1. The smallest absolute Gasteiger partial charge is 0.130 e. The van der Waals surface area contributed by atoms with Gasteiger partial charge in [0.2, 0.25) is 0 Å². The molecule has 0 aliphatic heterocycles. The van der Waals surface area contributed by atoms with E-state index in [1.165, 1.54) is 0 Å². The normalized spacial score (nSPS) is 12.2. The van der Waals surface area contributed by atoms with Crippen LogP contribution in [0.4, 0.5) is 11.5 Å². The topological polar surface area (TPSA) is 24.9 Å². The molecule has 1 aromatic carbocycles. The minimum Gasteiger partial charge on any atom is -0.340 e. The Bertz CT molecular complexity index is 495. The van der Waals surface area contributed by atoms with Crippen molar-refractivity contribution >= 4 is 34.7 Å². The molecule has 1 N–H and O–H groups in total. The number of nitrogens with one attached hydrogen (secondary N) is 1. The molecule has 88 valence electrons. The van der Waals surface area contributed by atoms with E-state index < -0.39 is 0 Å². The molecule has 0 bridgehead atoms. The van der Waals surface area contributed by atoms with Gasteiger partial charge in [0.25, 0.3) is 0 Å². The van der Waals surface area contributed by atoms with Gasteiger partial charge in [-0.25, -0.2) is 4.98 Å². The van der Waals surface area contributed by atoms with Gasteiger partial charge in [0.15, 0.2) is 0 Å². The van der Waals surface area contributed by atoms with Crippen LogP contribution in [0.5, 0.6) is 0 Å². The Morgan fingerprint density at radius 2 is 1.94 bits per heavy atom. The second-order valence-corrected chi connectivity index (χ2v) is 4.78. The maximum absolute atomic E-state index is 6.12. The van der Waals surface area contributed by atoms with Crippen LogP contribution < -0.4 is 5.32 Å². The summed E-state index contributed by atoms with van der Waals surface area (Å²) in [4.78, 5) is 4.19. The first-order valence-corrected chi connectivity index (χ1v) is 6.10. The van der Waals surface area contributed by atoms with Gasteiger partial charge >= 0.3 is 0 Å². The predicted octanol–water partition coefficient (Wildman–Crippen LogP) is 4.78. The van der Waals surface area contributed by atoms with E-state index in [1.54, 1.807) is 12.3 Å². The minimum absolute atomic E-state index is 0.0500. The van der Waals surface area contributed by atoms with Gasteiger partial charge in [-0.2, -0.15) is 0 Å². The van der Waals surface area contributed by atoms with Crippen molar-refractivity contribution in [2.24, 2.45) is 0 Å². The van der Waals surface area contributed by atoms with Crippen molar-refractivity contribution in [2.45, 2.75) is 12.3 Å². The minimum atomic E-state index is -0.0500. The fourth-order valence-corrected chi connectivity index (χ4v) is 1.85. The van der Waals surface area contributed by atoms with E-state index >= 15 is 0 Å². The van der Waals surface area contributed by atoms with Crippen molar-refractivity contribution in [3.05, 3.63) is 53.2 Å². The average molecular weight is 267 g/mol. The first kappa shape index (κ1) is 12.2. The first-order valence-electron chi connectivity index (χ1n) is 5.28. The zero-order valence-electron chi connectivity index (χ0n) is 9.32. The third kappa shape index (κ3) is 3.11. The van der Waals surface area contributed by atoms with E-state index in [2.05, 4.69) is 10.3 Å². The van der Waals surface area contributed by atoms with E-state index in [0.29, 0.717) is 5.02 Å². The van der Waals surface area contributed by atoms with Crippen LogP contribution in [0.2, 0.25) is 5.02 Å². The van der Waals surface area contributed by atoms with Crippen molar-refractivity contribution in [3.63, 3.8) is 0 Å². The van der Waals surface area contributed by atoms with E-state index in [0.717, 1.165) is 17.1 Å². The molecule has 0 saturated carbocycles. The summed E-state index contributed by atoms with van der Waals surface area (Å²) in [5, 5.41) is 3.80. The molecular weight excluding hydrogens is 255 g/mol. The summed E-state index contributed by atoms with van der Waals surface area (Å²) in [5.41, 5.74) is 2.01. The lowest BCUT2D eigenvalue weighted by atomic mass is 10.1. The lowest BCUT2D eigenvalue weighted by Gasteiger charge is -2.12. The summed E-state index contributed by atoms with van der Waals surface area (Å²) in [6, 6.07) is 11.5. The van der Waals surface area contributed by atoms with Crippen LogP contribution in [0.15, 0.2) is 42.6 Å². The third-order valence-corrected chi connectivity index (χ3v) is 2.84. The molecule has 0 saturated heterocycles. The van der Waals surface area contributed by atoms with Crippen molar-refractivity contribution in [2.75, 3.05) is 5.32 Å². The number of para-hydroxylation sites is 1. The van der Waals surface area contributed by atoms with Crippen molar-refractivity contribution in [3.8, 4) is 0 Å². The van der Waals surface area contributed by atoms with Crippen LogP contribution in [0.3, 0.4) is 0 Å². The molecule has 2 aromatic rings. The second kappa shape index (κ2) is 5.39. The molecule has 1 heterocycles. The van der Waals surface area contributed by atoms with Crippen LogP contribution in [0.25, 0.3) is 0 Å². The number of hydrogen-bond acceptors (Lipinski definition) is 2. The molecule has 4 heteroatoms. The highest BCUT2D eigenvalue weighted by Crippen LogP contribution is 2.28. The quantitative estimate of drug-likeness (QED) is 0.809. The van der Waals surface area contributed by atoms with Crippen LogP contribution >= 0.6 is 23.2 Å². The zero-order valence-corrected chi connectivity index (χ0v) is 10.8.